The molecule has 0 saturated heterocycles. The Bertz CT molecular complexity index is 3840. The summed E-state index contributed by atoms with van der Waals surface area (Å²) in [5.41, 5.74) is 15.3. The van der Waals surface area contributed by atoms with Crippen LogP contribution in [0.15, 0.2) is 243 Å². The molecule has 70 heavy (non-hydrogen) atoms. The lowest BCUT2D eigenvalue weighted by Crippen LogP contribution is -1.94. The first-order valence-corrected chi connectivity index (χ1v) is 25.0. The van der Waals surface area contributed by atoms with Gasteiger partial charge in [0.2, 0.25) is 0 Å². The molecular weight excluding hydrogens is 841 g/mol. The van der Waals surface area contributed by atoms with Crippen molar-refractivity contribution in [2.24, 2.45) is 0 Å². The number of hydrogen-bond donors (Lipinski definition) is 0. The van der Waals surface area contributed by atoms with Crippen LogP contribution < -0.4 is 0 Å². The van der Waals surface area contributed by atoms with Crippen molar-refractivity contribution in [3.8, 4) is 44.5 Å². The Kier molecular flexibility index (Phi) is 9.59. The molecular formula is C70H48. The average Bonchev–Trinajstić information content (AvgIpc) is 3.44. The molecule has 12 aromatic rings. The molecule has 0 radical (unpaired) electrons. The Morgan fingerprint density at radius 1 is 0.200 bits per heavy atom. The van der Waals surface area contributed by atoms with Gasteiger partial charge in [0.05, 0.1) is 0 Å². The van der Waals surface area contributed by atoms with Crippen LogP contribution in [0.25, 0.3) is 131 Å². The van der Waals surface area contributed by atoms with E-state index in [4.69, 9.17) is 0 Å². The number of fused-ring (bicyclic) bond motifs is 10. The van der Waals surface area contributed by atoms with Crippen molar-refractivity contribution in [2.75, 3.05) is 0 Å². The maximum atomic E-state index is 2.41. The Morgan fingerprint density at radius 3 is 0.786 bits per heavy atom. The van der Waals surface area contributed by atoms with Crippen LogP contribution in [0.4, 0.5) is 0 Å². The lowest BCUT2D eigenvalue weighted by Gasteiger charge is -2.19. The fourth-order valence-electron chi connectivity index (χ4n) is 12.1. The van der Waals surface area contributed by atoms with Crippen LogP contribution in [-0.4, -0.2) is 0 Å². The van der Waals surface area contributed by atoms with Crippen molar-refractivity contribution in [3.63, 3.8) is 0 Å². The standard InChI is InChI=1S/C70H48/c1-3-17-47(18-4-1)67-57-23-9-13-27-61(57)69(62-28-14-10-24-58(62)67)49-35-31-45(32-36-49)51-39-41-55-56-42-40-52(44-66(56)54-22-8-7-21-53(54)65(55)43-51)46-33-37-50(38-34-46)70-63-29-15-11-25-59(63)68(48-19-5-2-6-20-48)60-26-12-16-30-64(60)70/h3,5,7-44H,1-2,4,6H2. The van der Waals surface area contributed by atoms with Gasteiger partial charge in [-0.1, -0.05) is 231 Å². The van der Waals surface area contributed by atoms with E-state index in [1.54, 1.807) is 0 Å². The van der Waals surface area contributed by atoms with Crippen LogP contribution >= 0.6 is 0 Å². The predicted molar refractivity (Wildman–Crippen MR) is 303 cm³/mol. The van der Waals surface area contributed by atoms with Crippen molar-refractivity contribution in [3.05, 3.63) is 254 Å². The molecule has 328 valence electrons. The summed E-state index contributed by atoms with van der Waals surface area (Å²) in [6, 6.07) is 77.5. The van der Waals surface area contributed by atoms with Crippen molar-refractivity contribution in [1.82, 2.24) is 0 Å². The highest BCUT2D eigenvalue weighted by Gasteiger charge is 2.20. The molecule has 0 aliphatic heterocycles. The van der Waals surface area contributed by atoms with Crippen molar-refractivity contribution in [1.29, 1.82) is 0 Å². The minimum absolute atomic E-state index is 1.08. The lowest BCUT2D eigenvalue weighted by atomic mass is 9.84. The molecule has 0 amide bonds. The average molecular weight is 889 g/mol. The SMILES string of the molecule is C1=CC(c2c3ccccc3c(-c3ccc(-c4ccc5c6ccc(-c7ccc(-c8c9ccccc9c(C9=CCCC=C9)c9ccccc89)cc7)cc6c6ccccc6c5c4)cc3)c3ccccc23)=CCC1. The van der Waals surface area contributed by atoms with Gasteiger partial charge in [0.1, 0.15) is 0 Å². The molecule has 0 nitrogen and oxygen atoms in total. The van der Waals surface area contributed by atoms with Crippen LogP contribution in [0.2, 0.25) is 0 Å². The van der Waals surface area contributed by atoms with Crippen molar-refractivity contribution in [2.45, 2.75) is 25.7 Å². The number of benzene rings is 12. The van der Waals surface area contributed by atoms with Gasteiger partial charge >= 0.3 is 0 Å². The highest BCUT2D eigenvalue weighted by atomic mass is 14.2. The zero-order valence-corrected chi connectivity index (χ0v) is 38.9. The van der Waals surface area contributed by atoms with Crippen LogP contribution in [-0.2, 0) is 0 Å². The first kappa shape index (κ1) is 40.5. The second-order valence-corrected chi connectivity index (χ2v) is 19.2. The molecule has 2 aliphatic rings. The third-order valence-electron chi connectivity index (χ3n) is 15.3. The minimum Gasteiger partial charge on any atom is -0.0836 e. The van der Waals surface area contributed by atoms with Crippen molar-refractivity contribution < 1.29 is 0 Å². The summed E-state index contributed by atoms with van der Waals surface area (Å²) in [5, 5.41) is 18.1. The third kappa shape index (κ3) is 6.52. The molecule has 0 unspecified atom stereocenters. The summed E-state index contributed by atoms with van der Waals surface area (Å²) in [5.74, 6) is 0. The van der Waals surface area contributed by atoms with Gasteiger partial charge in [-0.3, -0.25) is 0 Å². The van der Waals surface area contributed by atoms with E-state index in [0.29, 0.717) is 0 Å². The first-order chi connectivity index (χ1) is 34.7. The van der Waals surface area contributed by atoms with Crippen LogP contribution in [0.1, 0.15) is 36.8 Å². The minimum atomic E-state index is 1.08. The molecule has 0 heterocycles. The summed E-state index contributed by atoms with van der Waals surface area (Å²) < 4.78 is 0. The Labute approximate surface area is 408 Å². The summed E-state index contributed by atoms with van der Waals surface area (Å²) >= 11 is 0. The Morgan fingerprint density at radius 2 is 0.471 bits per heavy atom. The van der Waals surface area contributed by atoms with Gasteiger partial charge in [-0.15, -0.1) is 0 Å². The topological polar surface area (TPSA) is 0 Å². The van der Waals surface area contributed by atoms with E-state index in [-0.39, 0.29) is 0 Å². The molecule has 0 spiro atoms. The fourth-order valence-corrected chi connectivity index (χ4v) is 12.1. The summed E-state index contributed by atoms with van der Waals surface area (Å²) in [7, 11) is 0. The summed E-state index contributed by atoms with van der Waals surface area (Å²) in [4.78, 5) is 0. The fraction of sp³-hybridized carbons (Fsp3) is 0.0571. The van der Waals surface area contributed by atoms with Crippen molar-refractivity contribution >= 4 is 86.6 Å². The largest absolute Gasteiger partial charge is 0.0836 e. The van der Waals surface area contributed by atoms with E-state index in [1.807, 2.05) is 0 Å². The molecule has 0 saturated carbocycles. The molecule has 0 aromatic heterocycles. The summed E-state index contributed by atoms with van der Waals surface area (Å²) in [6.07, 6.45) is 18.5. The normalized spacial score (nSPS) is 13.8. The zero-order chi connectivity index (χ0) is 46.1. The van der Waals surface area contributed by atoms with Crippen LogP contribution in [0.5, 0.6) is 0 Å². The van der Waals surface area contributed by atoms with E-state index >= 15 is 0 Å². The van der Waals surface area contributed by atoms with Gasteiger partial charge in [-0.05, 0) is 180 Å². The molecule has 0 atom stereocenters. The van der Waals surface area contributed by atoms with E-state index < -0.39 is 0 Å². The quantitative estimate of drug-likeness (QED) is 0.115. The molecule has 0 N–H and O–H groups in total. The van der Waals surface area contributed by atoms with E-state index in [1.165, 1.54) is 142 Å². The van der Waals surface area contributed by atoms with Crippen LogP contribution in [0, 0.1) is 0 Å². The maximum Gasteiger partial charge on any atom is -0.00264 e. The molecule has 0 bridgehead atoms. The highest BCUT2D eigenvalue weighted by Crippen LogP contribution is 2.46. The zero-order valence-electron chi connectivity index (χ0n) is 38.9. The maximum absolute atomic E-state index is 2.41. The third-order valence-corrected chi connectivity index (χ3v) is 15.3. The Balaban J connectivity index is 0.835. The molecule has 14 rings (SSSR count). The van der Waals surface area contributed by atoms with Gasteiger partial charge in [0, 0.05) is 0 Å². The van der Waals surface area contributed by atoms with Gasteiger partial charge in [-0.25, -0.2) is 0 Å². The van der Waals surface area contributed by atoms with Gasteiger partial charge in [-0.2, -0.15) is 0 Å². The highest BCUT2D eigenvalue weighted by molar-refractivity contribution is 6.27. The number of hydrogen-bond acceptors (Lipinski definition) is 0. The van der Waals surface area contributed by atoms with Gasteiger partial charge in [0.15, 0.2) is 0 Å². The predicted octanol–water partition coefficient (Wildman–Crippen LogP) is 19.9. The smallest absolute Gasteiger partial charge is 0.00264 e. The molecule has 0 heteroatoms. The molecule has 2 aliphatic carbocycles. The second-order valence-electron chi connectivity index (χ2n) is 19.2. The van der Waals surface area contributed by atoms with E-state index in [9.17, 15) is 0 Å². The number of allylic oxidation sites excluding steroid dienone is 8. The molecule has 12 aromatic carbocycles. The second kappa shape index (κ2) is 16.6. The van der Waals surface area contributed by atoms with Gasteiger partial charge < -0.3 is 0 Å². The van der Waals surface area contributed by atoms with E-state index in [0.717, 1.165) is 25.7 Å². The van der Waals surface area contributed by atoms with E-state index in [2.05, 4.69) is 243 Å². The van der Waals surface area contributed by atoms with Gasteiger partial charge in [0.25, 0.3) is 0 Å². The van der Waals surface area contributed by atoms with Crippen LogP contribution in [0.3, 0.4) is 0 Å². The summed E-state index contributed by atoms with van der Waals surface area (Å²) in [6.45, 7) is 0. The Hall–Kier alpha value is -8.58. The number of rotatable bonds is 6. The lowest BCUT2D eigenvalue weighted by molar-refractivity contribution is 1.04. The first-order valence-electron chi connectivity index (χ1n) is 25.0. The monoisotopic (exact) mass is 888 g/mol. The molecule has 0 fully saturated rings.